The second kappa shape index (κ2) is 10.7. The summed E-state index contributed by atoms with van der Waals surface area (Å²) < 4.78 is 36.5. The third kappa shape index (κ3) is 6.77. The van der Waals surface area contributed by atoms with Crippen LogP contribution in [0.25, 0.3) is 0 Å². The Labute approximate surface area is 189 Å². The van der Waals surface area contributed by atoms with Crippen LogP contribution in [-0.4, -0.2) is 53.3 Å². The summed E-state index contributed by atoms with van der Waals surface area (Å²) in [6.45, 7) is 2.42. The van der Waals surface area contributed by atoms with Gasteiger partial charge in [-0.15, -0.1) is 0 Å². The zero-order chi connectivity index (χ0) is 23.2. The smallest absolute Gasteiger partial charge is 0.232 e. The molecule has 0 saturated heterocycles. The third-order valence-electron chi connectivity index (χ3n) is 4.89. The first-order valence-corrected chi connectivity index (χ1v) is 12.0. The number of sulfonamides is 1. The summed E-state index contributed by atoms with van der Waals surface area (Å²) in [4.78, 5) is 14.2. The van der Waals surface area contributed by atoms with Gasteiger partial charge >= 0.3 is 0 Å². The van der Waals surface area contributed by atoms with E-state index < -0.39 is 10.0 Å². The molecule has 0 aliphatic heterocycles. The van der Waals surface area contributed by atoms with Crippen molar-refractivity contribution in [2.75, 3.05) is 38.4 Å². The summed E-state index contributed by atoms with van der Waals surface area (Å²) in [7, 11) is 1.33. The molecule has 0 saturated carbocycles. The van der Waals surface area contributed by atoms with Gasteiger partial charge in [0.15, 0.2) is 11.5 Å². The van der Waals surface area contributed by atoms with Crippen LogP contribution in [0.2, 0.25) is 5.02 Å². The quantitative estimate of drug-likeness (QED) is 0.529. The van der Waals surface area contributed by atoms with Crippen LogP contribution in [0.5, 0.6) is 11.5 Å². The molecule has 0 aliphatic carbocycles. The number of hydrogen-bond acceptors (Lipinski definition) is 5. The first kappa shape index (κ1) is 24.8. The number of ether oxygens (including phenoxy) is 2. The van der Waals surface area contributed by atoms with Crippen LogP contribution in [0.3, 0.4) is 0 Å². The molecule has 0 aromatic heterocycles. The van der Waals surface area contributed by atoms with Gasteiger partial charge in [0, 0.05) is 31.6 Å². The molecule has 0 aliphatic rings. The van der Waals surface area contributed by atoms with E-state index in [1.807, 2.05) is 19.1 Å². The molecule has 0 atom stereocenters. The van der Waals surface area contributed by atoms with Crippen molar-refractivity contribution in [3.8, 4) is 11.5 Å². The van der Waals surface area contributed by atoms with Gasteiger partial charge in [0.2, 0.25) is 15.9 Å². The minimum absolute atomic E-state index is 0.0777. The molecule has 0 spiro atoms. The number of halogens is 1. The molecule has 31 heavy (non-hydrogen) atoms. The fourth-order valence-corrected chi connectivity index (χ4v) is 4.40. The molecular formula is C22H29ClN2O5S. The Hall–Kier alpha value is -2.45. The number of amides is 1. The topological polar surface area (TPSA) is 76.2 Å². The highest BCUT2D eigenvalue weighted by Gasteiger charge is 2.20. The van der Waals surface area contributed by atoms with Crippen LogP contribution in [0, 0.1) is 6.92 Å². The molecule has 1 amide bonds. The van der Waals surface area contributed by atoms with Crippen LogP contribution in [-0.2, 0) is 21.4 Å². The van der Waals surface area contributed by atoms with Gasteiger partial charge in [-0.25, -0.2) is 8.42 Å². The SMILES string of the molecule is COc1ccc(CN(C)C(=O)CCCN(c2cc(Cl)ccc2C)S(C)(=O)=O)cc1OC. The first-order chi connectivity index (χ1) is 14.6. The van der Waals surface area contributed by atoms with Gasteiger partial charge in [-0.05, 0) is 48.7 Å². The van der Waals surface area contributed by atoms with Crippen molar-refractivity contribution in [2.45, 2.75) is 26.3 Å². The van der Waals surface area contributed by atoms with Crippen molar-refractivity contribution in [3.63, 3.8) is 0 Å². The van der Waals surface area contributed by atoms with Crippen molar-refractivity contribution < 1.29 is 22.7 Å². The van der Waals surface area contributed by atoms with Gasteiger partial charge in [0.25, 0.3) is 0 Å². The lowest BCUT2D eigenvalue weighted by Gasteiger charge is -2.25. The van der Waals surface area contributed by atoms with Crippen molar-refractivity contribution in [3.05, 3.63) is 52.5 Å². The van der Waals surface area contributed by atoms with E-state index in [4.69, 9.17) is 21.1 Å². The highest BCUT2D eigenvalue weighted by Crippen LogP contribution is 2.28. The van der Waals surface area contributed by atoms with E-state index in [0.29, 0.717) is 35.2 Å². The van der Waals surface area contributed by atoms with Crippen molar-refractivity contribution in [1.82, 2.24) is 4.90 Å². The molecule has 2 aromatic carbocycles. The summed E-state index contributed by atoms with van der Waals surface area (Å²) in [5.41, 5.74) is 2.23. The number of benzene rings is 2. The number of carbonyl (C=O) groups is 1. The monoisotopic (exact) mass is 468 g/mol. The maximum Gasteiger partial charge on any atom is 0.232 e. The van der Waals surface area contributed by atoms with Crippen molar-refractivity contribution >= 4 is 33.2 Å². The lowest BCUT2D eigenvalue weighted by atomic mass is 10.1. The van der Waals surface area contributed by atoms with Gasteiger partial charge in [0.1, 0.15) is 0 Å². The molecule has 0 heterocycles. The summed E-state index contributed by atoms with van der Waals surface area (Å²) in [5, 5.41) is 0.458. The summed E-state index contributed by atoms with van der Waals surface area (Å²) in [6, 6.07) is 10.6. The maximum atomic E-state index is 12.6. The Kier molecular flexibility index (Phi) is 8.59. The average molecular weight is 469 g/mol. The van der Waals surface area contributed by atoms with Gasteiger partial charge in [-0.2, -0.15) is 0 Å². The number of nitrogens with zero attached hydrogens (tertiary/aromatic N) is 2. The average Bonchev–Trinajstić information content (AvgIpc) is 2.72. The van der Waals surface area contributed by atoms with Gasteiger partial charge in [-0.1, -0.05) is 23.7 Å². The zero-order valence-corrected chi connectivity index (χ0v) is 20.1. The second-order valence-electron chi connectivity index (χ2n) is 7.31. The number of methoxy groups -OCH3 is 2. The Morgan fingerprint density at radius 2 is 1.74 bits per heavy atom. The summed E-state index contributed by atoms with van der Waals surface area (Å²) >= 11 is 6.06. The number of anilines is 1. The Balaban J connectivity index is 2.01. The fourth-order valence-electron chi connectivity index (χ4n) is 3.22. The highest BCUT2D eigenvalue weighted by molar-refractivity contribution is 7.92. The second-order valence-corrected chi connectivity index (χ2v) is 9.65. The Morgan fingerprint density at radius 1 is 1.06 bits per heavy atom. The highest BCUT2D eigenvalue weighted by atomic mass is 35.5. The van der Waals surface area contributed by atoms with Crippen LogP contribution < -0.4 is 13.8 Å². The van der Waals surface area contributed by atoms with Gasteiger partial charge < -0.3 is 14.4 Å². The standard InChI is InChI=1S/C22H29ClN2O5S/c1-16-8-10-18(23)14-19(16)25(31(5,27)28)12-6-7-22(26)24(2)15-17-9-11-20(29-3)21(13-17)30-4/h8-11,13-14H,6-7,12,15H2,1-5H3. The summed E-state index contributed by atoms with van der Waals surface area (Å²) in [6.07, 6.45) is 1.75. The number of carbonyl (C=O) groups excluding carboxylic acids is 1. The first-order valence-electron chi connectivity index (χ1n) is 9.75. The van der Waals surface area contributed by atoms with E-state index in [0.717, 1.165) is 17.4 Å². The van der Waals surface area contributed by atoms with Crippen LogP contribution in [0.4, 0.5) is 5.69 Å². The molecule has 9 heteroatoms. The van der Waals surface area contributed by atoms with Crippen LogP contribution in [0.15, 0.2) is 36.4 Å². The predicted octanol–water partition coefficient (Wildman–Crippen LogP) is 3.87. The molecule has 0 radical (unpaired) electrons. The minimum Gasteiger partial charge on any atom is -0.493 e. The van der Waals surface area contributed by atoms with E-state index in [-0.39, 0.29) is 18.9 Å². The largest absolute Gasteiger partial charge is 0.493 e. The van der Waals surface area contributed by atoms with E-state index in [1.165, 1.54) is 4.31 Å². The lowest BCUT2D eigenvalue weighted by molar-refractivity contribution is -0.130. The lowest BCUT2D eigenvalue weighted by Crippen LogP contribution is -2.33. The fraction of sp³-hybridized carbons (Fsp3) is 0.409. The number of aryl methyl sites for hydroxylation is 1. The molecule has 7 nitrogen and oxygen atoms in total. The Bertz CT molecular complexity index is 1030. The predicted molar refractivity (Wildman–Crippen MR) is 124 cm³/mol. The molecule has 2 rings (SSSR count). The molecule has 0 bridgehead atoms. The van der Waals surface area contributed by atoms with Crippen LogP contribution >= 0.6 is 11.6 Å². The van der Waals surface area contributed by atoms with Crippen molar-refractivity contribution in [2.24, 2.45) is 0 Å². The normalized spacial score (nSPS) is 11.2. The molecule has 0 unspecified atom stereocenters. The van der Waals surface area contributed by atoms with E-state index in [2.05, 4.69) is 0 Å². The van der Waals surface area contributed by atoms with E-state index >= 15 is 0 Å². The summed E-state index contributed by atoms with van der Waals surface area (Å²) in [5.74, 6) is 1.14. The molecular weight excluding hydrogens is 440 g/mol. The molecule has 2 aromatic rings. The van der Waals surface area contributed by atoms with E-state index in [9.17, 15) is 13.2 Å². The molecule has 170 valence electrons. The number of hydrogen-bond donors (Lipinski definition) is 0. The molecule has 0 fully saturated rings. The van der Waals surface area contributed by atoms with Crippen molar-refractivity contribution in [1.29, 1.82) is 0 Å². The Morgan fingerprint density at radius 3 is 2.35 bits per heavy atom. The maximum absolute atomic E-state index is 12.6. The minimum atomic E-state index is -3.51. The molecule has 0 N–H and O–H groups in total. The zero-order valence-electron chi connectivity index (χ0n) is 18.5. The van der Waals surface area contributed by atoms with E-state index in [1.54, 1.807) is 50.4 Å². The van der Waals surface area contributed by atoms with Crippen LogP contribution in [0.1, 0.15) is 24.0 Å². The third-order valence-corrected chi connectivity index (χ3v) is 6.30. The van der Waals surface area contributed by atoms with Gasteiger partial charge in [-0.3, -0.25) is 9.10 Å². The van der Waals surface area contributed by atoms with Gasteiger partial charge in [0.05, 0.1) is 26.2 Å². The number of rotatable bonds is 10.